The van der Waals surface area contributed by atoms with Crippen molar-refractivity contribution in [3.05, 3.63) is 108 Å². The van der Waals surface area contributed by atoms with Crippen LogP contribution in [0, 0.1) is 6.92 Å². The van der Waals surface area contributed by atoms with Gasteiger partial charge < -0.3 is 9.72 Å². The summed E-state index contributed by atoms with van der Waals surface area (Å²) >= 11 is 0. The number of aromatic nitrogens is 2. The Labute approximate surface area is 183 Å². The van der Waals surface area contributed by atoms with Crippen molar-refractivity contribution in [3.8, 4) is 0 Å². The SMILES string of the molecule is Cc1cccc2nc(C(=O)NN3C(=O)NC(c4ccccc4)(c4ccccc4)C3=O)cn12. The third-order valence-corrected chi connectivity index (χ3v) is 5.58. The smallest absolute Gasteiger partial charge is 0.314 e. The summed E-state index contributed by atoms with van der Waals surface area (Å²) in [5, 5.41) is 3.51. The van der Waals surface area contributed by atoms with Crippen molar-refractivity contribution < 1.29 is 14.4 Å². The fourth-order valence-electron chi connectivity index (χ4n) is 3.98. The van der Waals surface area contributed by atoms with Crippen molar-refractivity contribution in [1.29, 1.82) is 0 Å². The molecule has 5 rings (SSSR count). The highest BCUT2D eigenvalue weighted by molar-refractivity contribution is 6.11. The third kappa shape index (κ3) is 2.92. The average Bonchev–Trinajstić information content (AvgIpc) is 3.37. The minimum absolute atomic E-state index is 0.0943. The normalized spacial score (nSPS) is 15.1. The second kappa shape index (κ2) is 7.35. The number of nitrogens with zero attached hydrogens (tertiary/aromatic N) is 3. The van der Waals surface area contributed by atoms with Gasteiger partial charge in [0.2, 0.25) is 0 Å². The number of rotatable bonds is 4. The van der Waals surface area contributed by atoms with Crippen molar-refractivity contribution in [2.24, 2.45) is 0 Å². The van der Waals surface area contributed by atoms with Crippen molar-refractivity contribution in [1.82, 2.24) is 25.1 Å². The van der Waals surface area contributed by atoms with E-state index in [0.717, 1.165) is 10.7 Å². The summed E-state index contributed by atoms with van der Waals surface area (Å²) in [4.78, 5) is 43.7. The fraction of sp³-hybridized carbons (Fsp3) is 0.0833. The number of hydrogen-bond donors (Lipinski definition) is 2. The molecule has 158 valence electrons. The molecule has 8 nitrogen and oxygen atoms in total. The van der Waals surface area contributed by atoms with Gasteiger partial charge in [0.15, 0.2) is 5.54 Å². The van der Waals surface area contributed by atoms with Crippen LogP contribution in [0.15, 0.2) is 85.1 Å². The number of amides is 4. The first kappa shape index (κ1) is 19.5. The predicted molar refractivity (Wildman–Crippen MR) is 116 cm³/mol. The number of nitrogens with one attached hydrogen (secondary N) is 2. The highest BCUT2D eigenvalue weighted by Crippen LogP contribution is 2.35. The number of hydrogen-bond acceptors (Lipinski definition) is 4. The minimum atomic E-state index is -1.46. The molecule has 0 saturated carbocycles. The summed E-state index contributed by atoms with van der Waals surface area (Å²) in [6.07, 6.45) is 1.57. The summed E-state index contributed by atoms with van der Waals surface area (Å²) in [6, 6.07) is 22.7. The van der Waals surface area contributed by atoms with Crippen LogP contribution < -0.4 is 10.7 Å². The molecule has 0 atom stereocenters. The van der Waals surface area contributed by atoms with Crippen LogP contribution in [0.1, 0.15) is 27.3 Å². The average molecular weight is 425 g/mol. The standard InChI is InChI=1S/C24H19N5O3/c1-16-9-8-14-20-25-19(15-28(16)20)21(30)27-29-22(31)24(26-23(29)32,17-10-4-2-5-11-17)18-12-6-3-7-13-18/h2-15H,1H3,(H,26,32)(H,27,30). The van der Waals surface area contributed by atoms with Crippen molar-refractivity contribution >= 4 is 23.5 Å². The van der Waals surface area contributed by atoms with Crippen molar-refractivity contribution in [3.63, 3.8) is 0 Å². The number of carbonyl (C=O) groups excluding carboxylic acids is 3. The van der Waals surface area contributed by atoms with E-state index in [2.05, 4.69) is 15.7 Å². The van der Waals surface area contributed by atoms with Crippen molar-refractivity contribution in [2.75, 3.05) is 0 Å². The zero-order chi connectivity index (χ0) is 22.3. The lowest BCUT2D eigenvalue weighted by atomic mass is 9.83. The second-order valence-corrected chi connectivity index (χ2v) is 7.52. The Morgan fingerprint density at radius 1 is 0.906 bits per heavy atom. The molecular weight excluding hydrogens is 406 g/mol. The van der Waals surface area contributed by atoms with Crippen LogP contribution in [-0.2, 0) is 10.3 Å². The molecule has 0 unspecified atom stereocenters. The molecule has 32 heavy (non-hydrogen) atoms. The number of imide groups is 1. The van der Waals surface area contributed by atoms with Crippen LogP contribution in [0.4, 0.5) is 4.79 Å². The minimum Gasteiger partial charge on any atom is -0.314 e. The number of urea groups is 1. The van der Waals surface area contributed by atoms with Gasteiger partial charge in [0, 0.05) is 11.9 Å². The molecule has 4 amide bonds. The number of aryl methyl sites for hydroxylation is 1. The monoisotopic (exact) mass is 425 g/mol. The van der Waals surface area contributed by atoms with E-state index in [1.807, 2.05) is 31.2 Å². The Morgan fingerprint density at radius 2 is 1.53 bits per heavy atom. The second-order valence-electron chi connectivity index (χ2n) is 7.52. The van der Waals surface area contributed by atoms with Crippen LogP contribution >= 0.6 is 0 Å². The van der Waals surface area contributed by atoms with Crippen LogP contribution in [0.5, 0.6) is 0 Å². The molecule has 4 aromatic rings. The molecule has 1 fully saturated rings. The van der Waals surface area contributed by atoms with E-state index < -0.39 is 23.4 Å². The topological polar surface area (TPSA) is 95.8 Å². The lowest BCUT2D eigenvalue weighted by Crippen LogP contribution is -2.49. The fourth-order valence-corrected chi connectivity index (χ4v) is 3.98. The van der Waals surface area contributed by atoms with E-state index in [4.69, 9.17) is 0 Å². The lowest BCUT2D eigenvalue weighted by molar-refractivity contribution is -0.131. The van der Waals surface area contributed by atoms with E-state index in [9.17, 15) is 14.4 Å². The van der Waals surface area contributed by atoms with Gasteiger partial charge in [0.05, 0.1) is 0 Å². The summed E-state index contributed by atoms with van der Waals surface area (Å²) in [6.45, 7) is 1.89. The maximum absolute atomic E-state index is 13.6. The van der Waals surface area contributed by atoms with E-state index in [-0.39, 0.29) is 5.69 Å². The Morgan fingerprint density at radius 3 is 2.12 bits per heavy atom. The number of pyridine rings is 1. The molecule has 1 aliphatic rings. The first-order valence-electron chi connectivity index (χ1n) is 10.0. The van der Waals surface area contributed by atoms with E-state index in [0.29, 0.717) is 16.8 Å². The van der Waals surface area contributed by atoms with Gasteiger partial charge in [0.25, 0.3) is 11.8 Å². The van der Waals surface area contributed by atoms with E-state index in [1.54, 1.807) is 65.2 Å². The lowest BCUT2D eigenvalue weighted by Gasteiger charge is -2.27. The van der Waals surface area contributed by atoms with Gasteiger partial charge in [0.1, 0.15) is 11.3 Å². The van der Waals surface area contributed by atoms with Gasteiger partial charge in [-0.15, -0.1) is 0 Å². The van der Waals surface area contributed by atoms with Gasteiger partial charge in [-0.3, -0.25) is 15.0 Å². The zero-order valence-electron chi connectivity index (χ0n) is 17.1. The Hall–Kier alpha value is -4.46. The number of fused-ring (bicyclic) bond motifs is 1. The Kier molecular flexibility index (Phi) is 4.48. The molecule has 2 aromatic carbocycles. The van der Waals surface area contributed by atoms with Crippen LogP contribution in [0.25, 0.3) is 5.65 Å². The quantitative estimate of drug-likeness (QED) is 0.492. The van der Waals surface area contributed by atoms with Crippen LogP contribution in [-0.4, -0.2) is 32.2 Å². The highest BCUT2D eigenvalue weighted by atomic mass is 16.2. The summed E-state index contributed by atoms with van der Waals surface area (Å²) in [7, 11) is 0. The van der Waals surface area contributed by atoms with E-state index in [1.165, 1.54) is 0 Å². The summed E-state index contributed by atoms with van der Waals surface area (Å²) < 4.78 is 1.76. The molecule has 1 saturated heterocycles. The maximum atomic E-state index is 13.6. The molecule has 0 aliphatic carbocycles. The molecule has 0 spiro atoms. The number of benzene rings is 2. The molecule has 0 bridgehead atoms. The number of carbonyl (C=O) groups is 3. The molecular formula is C24H19N5O3. The van der Waals surface area contributed by atoms with Crippen LogP contribution in [0.3, 0.4) is 0 Å². The van der Waals surface area contributed by atoms with E-state index >= 15 is 0 Å². The largest absolute Gasteiger partial charge is 0.344 e. The predicted octanol–water partition coefficient (Wildman–Crippen LogP) is 2.78. The summed E-state index contributed by atoms with van der Waals surface area (Å²) in [5.74, 6) is -1.26. The zero-order valence-corrected chi connectivity index (χ0v) is 17.1. The molecule has 1 aliphatic heterocycles. The Bertz CT molecular complexity index is 1310. The molecule has 0 radical (unpaired) electrons. The van der Waals surface area contributed by atoms with Gasteiger partial charge in [-0.1, -0.05) is 66.7 Å². The number of hydrazine groups is 1. The molecule has 8 heteroatoms. The molecule has 2 N–H and O–H groups in total. The maximum Gasteiger partial charge on any atom is 0.344 e. The summed E-state index contributed by atoms with van der Waals surface area (Å²) in [5.41, 5.74) is 3.73. The molecule has 3 heterocycles. The van der Waals surface area contributed by atoms with Gasteiger partial charge in [-0.05, 0) is 30.2 Å². The van der Waals surface area contributed by atoms with Gasteiger partial charge in [-0.25, -0.2) is 9.78 Å². The van der Waals surface area contributed by atoms with Gasteiger partial charge >= 0.3 is 6.03 Å². The third-order valence-electron chi connectivity index (χ3n) is 5.58. The molecule has 2 aromatic heterocycles. The van der Waals surface area contributed by atoms with Crippen LogP contribution in [0.2, 0.25) is 0 Å². The number of imidazole rings is 1. The first-order chi connectivity index (χ1) is 15.5. The van der Waals surface area contributed by atoms with Crippen molar-refractivity contribution in [2.45, 2.75) is 12.5 Å². The highest BCUT2D eigenvalue weighted by Gasteiger charge is 2.54. The van der Waals surface area contributed by atoms with Gasteiger partial charge in [-0.2, -0.15) is 5.01 Å². The first-order valence-corrected chi connectivity index (χ1v) is 10.0. The Balaban J connectivity index is 1.52.